The highest BCUT2D eigenvalue weighted by Crippen LogP contribution is 2.22. The summed E-state index contributed by atoms with van der Waals surface area (Å²) in [6, 6.07) is 10.3. The van der Waals surface area contributed by atoms with Crippen molar-refractivity contribution in [3.05, 3.63) is 35.9 Å². The first-order valence-corrected chi connectivity index (χ1v) is 10.2. The molecular formula is C18H31N3O2S. The topological polar surface area (TPSA) is 52.7 Å². The van der Waals surface area contributed by atoms with Crippen LogP contribution >= 0.6 is 0 Å². The van der Waals surface area contributed by atoms with E-state index in [4.69, 9.17) is 0 Å². The van der Waals surface area contributed by atoms with Gasteiger partial charge in [-0.05, 0) is 44.3 Å². The minimum Gasteiger partial charge on any atom is -0.305 e. The number of rotatable bonds is 7. The van der Waals surface area contributed by atoms with Crippen molar-refractivity contribution >= 4 is 10.2 Å². The molecule has 0 saturated carbocycles. The Hall–Kier alpha value is -0.950. The molecule has 1 heterocycles. The van der Waals surface area contributed by atoms with E-state index in [1.165, 1.54) is 5.56 Å². The zero-order valence-electron chi connectivity index (χ0n) is 15.3. The fourth-order valence-electron chi connectivity index (χ4n) is 3.42. The number of piperidine rings is 1. The van der Waals surface area contributed by atoms with Crippen LogP contribution in [0.1, 0.15) is 25.8 Å². The fourth-order valence-corrected chi connectivity index (χ4v) is 4.91. The lowest BCUT2D eigenvalue weighted by atomic mass is 9.94. The van der Waals surface area contributed by atoms with Crippen molar-refractivity contribution in [2.75, 3.05) is 33.7 Å². The van der Waals surface area contributed by atoms with E-state index < -0.39 is 10.2 Å². The Morgan fingerprint density at radius 3 is 2.29 bits per heavy atom. The van der Waals surface area contributed by atoms with Gasteiger partial charge in [0.15, 0.2) is 0 Å². The van der Waals surface area contributed by atoms with Crippen LogP contribution in [-0.2, 0) is 16.6 Å². The molecule has 136 valence electrons. The van der Waals surface area contributed by atoms with Gasteiger partial charge in [-0.3, -0.25) is 0 Å². The van der Waals surface area contributed by atoms with Crippen LogP contribution in [0, 0.1) is 11.8 Å². The number of likely N-dealkylation sites (N-methyl/N-ethyl adjacent to an activating group) is 1. The van der Waals surface area contributed by atoms with E-state index >= 15 is 0 Å². The average Bonchev–Trinajstić information content (AvgIpc) is 2.51. The van der Waals surface area contributed by atoms with Crippen molar-refractivity contribution in [1.29, 1.82) is 0 Å². The quantitative estimate of drug-likeness (QED) is 0.815. The van der Waals surface area contributed by atoms with E-state index in [-0.39, 0.29) is 6.04 Å². The Bertz CT molecular complexity index is 594. The van der Waals surface area contributed by atoms with Crippen LogP contribution in [0.15, 0.2) is 30.3 Å². The molecule has 0 radical (unpaired) electrons. The smallest absolute Gasteiger partial charge is 0.279 e. The largest absolute Gasteiger partial charge is 0.305 e. The summed E-state index contributed by atoms with van der Waals surface area (Å²) in [5, 5.41) is 0. The van der Waals surface area contributed by atoms with Crippen molar-refractivity contribution in [1.82, 2.24) is 13.9 Å². The lowest BCUT2D eigenvalue weighted by molar-refractivity contribution is 0.218. The third kappa shape index (κ3) is 5.55. The molecule has 1 aliphatic rings. The zero-order valence-corrected chi connectivity index (χ0v) is 16.1. The number of benzene rings is 1. The molecule has 0 bridgehead atoms. The highest BCUT2D eigenvalue weighted by Gasteiger charge is 2.30. The summed E-state index contributed by atoms with van der Waals surface area (Å²) in [6.07, 6.45) is 1.92. The van der Waals surface area contributed by atoms with E-state index in [1.54, 1.807) is 4.31 Å². The summed E-state index contributed by atoms with van der Waals surface area (Å²) >= 11 is 0. The molecule has 3 unspecified atom stereocenters. The summed E-state index contributed by atoms with van der Waals surface area (Å²) in [5.41, 5.74) is 1.22. The van der Waals surface area contributed by atoms with Gasteiger partial charge in [-0.1, -0.05) is 44.2 Å². The molecule has 0 aromatic heterocycles. The molecule has 1 aliphatic heterocycles. The predicted octanol–water partition coefficient (Wildman–Crippen LogP) is 1.97. The highest BCUT2D eigenvalue weighted by atomic mass is 32.2. The van der Waals surface area contributed by atoms with Gasteiger partial charge in [0.1, 0.15) is 0 Å². The van der Waals surface area contributed by atoms with Gasteiger partial charge < -0.3 is 4.90 Å². The number of nitrogens with one attached hydrogen (secondary N) is 1. The predicted molar refractivity (Wildman–Crippen MR) is 99.1 cm³/mol. The van der Waals surface area contributed by atoms with Gasteiger partial charge in [0.25, 0.3) is 10.2 Å². The minimum atomic E-state index is -3.41. The molecule has 0 amide bonds. The van der Waals surface area contributed by atoms with Crippen LogP contribution in [-0.4, -0.2) is 57.4 Å². The maximum Gasteiger partial charge on any atom is 0.279 e. The van der Waals surface area contributed by atoms with Crippen LogP contribution in [0.2, 0.25) is 0 Å². The third-order valence-electron chi connectivity index (χ3n) is 4.72. The molecule has 0 spiro atoms. The van der Waals surface area contributed by atoms with Gasteiger partial charge in [0, 0.05) is 25.7 Å². The van der Waals surface area contributed by atoms with Crippen molar-refractivity contribution < 1.29 is 8.42 Å². The van der Waals surface area contributed by atoms with E-state index in [0.717, 1.165) is 12.8 Å². The van der Waals surface area contributed by atoms with Crippen molar-refractivity contribution in [2.24, 2.45) is 11.8 Å². The van der Waals surface area contributed by atoms with Gasteiger partial charge in [0.05, 0.1) is 0 Å². The third-order valence-corrected chi connectivity index (χ3v) is 6.23. The van der Waals surface area contributed by atoms with Gasteiger partial charge >= 0.3 is 0 Å². The average molecular weight is 354 g/mol. The second kappa shape index (κ2) is 8.43. The molecule has 2 rings (SSSR count). The Kier molecular flexibility index (Phi) is 6.80. The van der Waals surface area contributed by atoms with Crippen LogP contribution in [0.4, 0.5) is 0 Å². The van der Waals surface area contributed by atoms with E-state index in [0.29, 0.717) is 31.5 Å². The fraction of sp³-hybridized carbons (Fsp3) is 0.667. The van der Waals surface area contributed by atoms with Crippen molar-refractivity contribution in [2.45, 2.75) is 32.7 Å². The Balaban J connectivity index is 1.97. The molecule has 1 saturated heterocycles. The lowest BCUT2D eigenvalue weighted by Crippen LogP contribution is -2.50. The molecule has 3 atom stereocenters. The van der Waals surface area contributed by atoms with Crippen molar-refractivity contribution in [3.8, 4) is 0 Å². The monoisotopic (exact) mass is 353 g/mol. The molecule has 1 fully saturated rings. The van der Waals surface area contributed by atoms with Gasteiger partial charge in [-0.2, -0.15) is 12.7 Å². The lowest BCUT2D eigenvalue weighted by Gasteiger charge is -2.34. The first-order valence-electron chi connectivity index (χ1n) is 8.73. The second-order valence-electron chi connectivity index (χ2n) is 7.42. The van der Waals surface area contributed by atoms with Crippen LogP contribution in [0.25, 0.3) is 0 Å². The summed E-state index contributed by atoms with van der Waals surface area (Å²) in [6.45, 7) is 5.89. The minimum absolute atomic E-state index is 0.127. The summed E-state index contributed by atoms with van der Waals surface area (Å²) in [5.74, 6) is 0.832. The van der Waals surface area contributed by atoms with E-state index in [9.17, 15) is 8.42 Å². The number of hydrogen-bond donors (Lipinski definition) is 1. The van der Waals surface area contributed by atoms with E-state index in [1.807, 2.05) is 32.3 Å². The highest BCUT2D eigenvalue weighted by molar-refractivity contribution is 7.87. The Morgan fingerprint density at radius 1 is 1.17 bits per heavy atom. The SMILES string of the molecule is CC1CC(C)CN(S(=O)(=O)NCC(Cc2ccccc2)N(C)C)C1. The van der Waals surface area contributed by atoms with Crippen LogP contribution in [0.3, 0.4) is 0 Å². The van der Waals surface area contributed by atoms with Gasteiger partial charge in [-0.15, -0.1) is 0 Å². The Labute approximate surface area is 147 Å². The Morgan fingerprint density at radius 2 is 1.75 bits per heavy atom. The standard InChI is InChI=1S/C18H31N3O2S/c1-15-10-16(2)14-21(13-15)24(22,23)19-12-18(20(3)4)11-17-8-6-5-7-9-17/h5-9,15-16,18-19H,10-14H2,1-4H3. The molecule has 1 aromatic rings. The first kappa shape index (κ1) is 19.4. The molecule has 6 heteroatoms. The van der Waals surface area contributed by atoms with Gasteiger partial charge in [0.2, 0.25) is 0 Å². The van der Waals surface area contributed by atoms with Crippen LogP contribution in [0.5, 0.6) is 0 Å². The number of nitrogens with zero attached hydrogens (tertiary/aromatic N) is 2. The van der Waals surface area contributed by atoms with Gasteiger partial charge in [-0.25, -0.2) is 4.72 Å². The second-order valence-corrected chi connectivity index (χ2v) is 9.18. The molecule has 5 nitrogen and oxygen atoms in total. The molecule has 1 aromatic carbocycles. The van der Waals surface area contributed by atoms with Crippen LogP contribution < -0.4 is 4.72 Å². The summed E-state index contributed by atoms with van der Waals surface area (Å²) in [4.78, 5) is 2.08. The molecule has 24 heavy (non-hydrogen) atoms. The summed E-state index contributed by atoms with van der Waals surface area (Å²) < 4.78 is 29.7. The summed E-state index contributed by atoms with van der Waals surface area (Å²) in [7, 11) is 0.573. The zero-order chi connectivity index (χ0) is 17.7. The maximum atomic E-state index is 12.7. The molecular weight excluding hydrogens is 322 g/mol. The first-order chi connectivity index (χ1) is 11.3. The number of hydrogen-bond acceptors (Lipinski definition) is 3. The normalized spacial score (nSPS) is 24.2. The molecule has 0 aliphatic carbocycles. The van der Waals surface area contributed by atoms with Crippen molar-refractivity contribution in [3.63, 3.8) is 0 Å². The maximum absolute atomic E-state index is 12.7. The molecule has 1 N–H and O–H groups in total. The van der Waals surface area contributed by atoms with E-state index in [2.05, 4.69) is 35.6 Å².